The molecule has 2 atom stereocenters. The zero-order valence-corrected chi connectivity index (χ0v) is 31.7. The van der Waals surface area contributed by atoms with Crippen molar-refractivity contribution in [1.29, 1.82) is 0 Å². The molecule has 1 saturated heterocycles. The molecule has 3 fully saturated rings. The minimum atomic E-state index is -4.34. The Labute approximate surface area is 301 Å². The van der Waals surface area contributed by atoms with Gasteiger partial charge in [-0.05, 0) is 93.7 Å². The quantitative estimate of drug-likeness (QED) is 0.194. The lowest BCUT2D eigenvalue weighted by molar-refractivity contribution is -0.129. The van der Waals surface area contributed by atoms with E-state index in [-0.39, 0.29) is 40.2 Å². The summed E-state index contributed by atoms with van der Waals surface area (Å²) >= 11 is 0. The summed E-state index contributed by atoms with van der Waals surface area (Å²) in [6.45, 7) is 10.9. The fraction of sp³-hybridized carbons (Fsp3) is 0.500. The number of nitrogens with zero attached hydrogens (tertiary/aromatic N) is 1. The Balaban J connectivity index is 0.000000170. The number of Topliss-reactive ketones (excluding diaryl/α,β-unsaturated/α-hetero) is 1. The van der Waals surface area contributed by atoms with Crippen LogP contribution in [-0.4, -0.2) is 65.4 Å². The van der Waals surface area contributed by atoms with Crippen LogP contribution in [0.3, 0.4) is 0 Å². The van der Waals surface area contributed by atoms with E-state index in [1.165, 1.54) is 14.7 Å². The predicted molar refractivity (Wildman–Crippen MR) is 197 cm³/mol. The number of aliphatic hydroxyl groups is 1. The molecule has 1 N–H and O–H groups in total. The van der Waals surface area contributed by atoms with Crippen molar-refractivity contribution >= 4 is 32.9 Å². The molecule has 2 unspecified atom stereocenters. The summed E-state index contributed by atoms with van der Waals surface area (Å²) in [6.07, 6.45) is 4.43. The van der Waals surface area contributed by atoms with Crippen molar-refractivity contribution in [2.24, 2.45) is 16.7 Å². The van der Waals surface area contributed by atoms with Crippen LogP contribution in [0.1, 0.15) is 79.6 Å². The number of benzene rings is 3. The first-order valence-corrected chi connectivity index (χ1v) is 20.4. The summed E-state index contributed by atoms with van der Waals surface area (Å²) in [4.78, 5) is 29.5. The second-order valence-corrected chi connectivity index (χ2v) is 18.1. The van der Waals surface area contributed by atoms with Gasteiger partial charge in [0.1, 0.15) is 11.4 Å². The van der Waals surface area contributed by atoms with Crippen molar-refractivity contribution in [3.05, 3.63) is 91.0 Å². The number of piperidine rings is 1. The number of carbonyl (C=O) groups excluding carboxylic acids is 2. The molecule has 2 saturated carbocycles. The number of aliphatic hydroxyl groups excluding tert-OH is 1. The molecule has 1 heterocycles. The molecule has 0 spiro atoms. The standard InChI is InChI=1S/C18H15S.C11H21NO3.C11H18O4S/c1-4-10-16(11-5-1)19(17-12-6-2-7-13-17)18-14-8-3-9-15-18;1-4-11(2,3)15-10(14)12-7-5-9(13)6-8-12;1-10(2)8-4-3-5-11(10,9(12)6-8)7-16(13,14)15/h1-15H;9,13H,4-8H2,1-3H3;8H,3-7H2,1-2H3,(H,13,14,15)/q+1;;/p-1. The molecule has 3 aliphatic rings. The minimum absolute atomic E-state index is 0.0144. The van der Waals surface area contributed by atoms with Crippen molar-refractivity contribution in [1.82, 2.24) is 4.90 Å². The van der Waals surface area contributed by atoms with Gasteiger partial charge < -0.3 is 19.3 Å². The smallest absolute Gasteiger partial charge is 0.410 e. The van der Waals surface area contributed by atoms with Gasteiger partial charge in [-0.1, -0.05) is 81.8 Å². The zero-order valence-electron chi connectivity index (χ0n) is 30.0. The van der Waals surface area contributed by atoms with Crippen molar-refractivity contribution in [2.45, 2.75) is 106 Å². The number of likely N-dealkylation sites (tertiary alicyclic amines) is 1. The van der Waals surface area contributed by atoms with Crippen LogP contribution in [0, 0.1) is 16.7 Å². The van der Waals surface area contributed by atoms with Crippen molar-refractivity contribution in [3.8, 4) is 0 Å². The lowest BCUT2D eigenvalue weighted by Gasteiger charge is -2.47. The first-order valence-electron chi connectivity index (χ1n) is 17.6. The average Bonchev–Trinajstić information content (AvgIpc) is 3.17. The van der Waals surface area contributed by atoms with Crippen LogP contribution in [0.2, 0.25) is 0 Å². The van der Waals surface area contributed by atoms with Gasteiger partial charge in [0.25, 0.3) is 0 Å². The number of hydrogen-bond donors (Lipinski definition) is 1. The average molecular weight is 724 g/mol. The topological polar surface area (TPSA) is 124 Å². The van der Waals surface area contributed by atoms with Crippen LogP contribution in [-0.2, 0) is 30.5 Å². The van der Waals surface area contributed by atoms with Crippen LogP contribution in [0.4, 0.5) is 4.79 Å². The van der Waals surface area contributed by atoms with Gasteiger partial charge in [0.15, 0.2) is 14.7 Å². The van der Waals surface area contributed by atoms with Crippen LogP contribution < -0.4 is 0 Å². The maximum atomic E-state index is 12.1. The molecule has 0 radical (unpaired) electrons. The molecule has 8 nitrogen and oxygen atoms in total. The van der Waals surface area contributed by atoms with E-state index < -0.39 is 26.9 Å². The van der Waals surface area contributed by atoms with Crippen molar-refractivity contribution in [3.63, 3.8) is 0 Å². The predicted octanol–water partition coefficient (Wildman–Crippen LogP) is 7.87. The van der Waals surface area contributed by atoms with E-state index in [1.54, 1.807) is 4.90 Å². The van der Waals surface area contributed by atoms with E-state index in [1.807, 2.05) is 34.6 Å². The Morgan fingerprint density at radius 1 is 0.900 bits per heavy atom. The molecule has 50 heavy (non-hydrogen) atoms. The second kappa shape index (κ2) is 16.9. The molecule has 1 amide bonds. The molecular formula is C40H53NO7S2. The Morgan fingerprint density at radius 3 is 1.78 bits per heavy atom. The monoisotopic (exact) mass is 723 g/mol. The molecule has 10 heteroatoms. The third-order valence-electron chi connectivity index (χ3n) is 10.7. The third kappa shape index (κ3) is 9.99. The van der Waals surface area contributed by atoms with Gasteiger partial charge in [-0.15, -0.1) is 0 Å². The molecule has 2 bridgehead atoms. The maximum Gasteiger partial charge on any atom is 0.410 e. The summed E-state index contributed by atoms with van der Waals surface area (Å²) in [5, 5.41) is 9.31. The number of hydrogen-bond acceptors (Lipinski definition) is 7. The lowest BCUT2D eigenvalue weighted by Crippen LogP contribution is -2.47. The van der Waals surface area contributed by atoms with E-state index in [0.717, 1.165) is 19.3 Å². The highest BCUT2D eigenvalue weighted by Gasteiger charge is 2.61. The highest BCUT2D eigenvalue weighted by molar-refractivity contribution is 7.97. The summed E-state index contributed by atoms with van der Waals surface area (Å²) in [6, 6.07) is 32.2. The van der Waals surface area contributed by atoms with Gasteiger partial charge in [-0.2, -0.15) is 0 Å². The minimum Gasteiger partial charge on any atom is -0.748 e. The van der Waals surface area contributed by atoms with Gasteiger partial charge in [0.05, 0.1) is 32.9 Å². The molecule has 2 aliphatic carbocycles. The SMILES string of the molecule is CC1(C)C2CCCC1(CS(=O)(=O)[O-])C(=O)C2.CCC(C)(C)OC(=O)N1CCC(O)CC1.c1ccc([S+](c2ccccc2)c2ccccc2)cc1. The number of carbonyl (C=O) groups is 2. The Bertz CT molecular complexity index is 1550. The Morgan fingerprint density at radius 2 is 1.36 bits per heavy atom. The molecule has 6 rings (SSSR count). The van der Waals surface area contributed by atoms with Gasteiger partial charge in [-0.25, -0.2) is 13.2 Å². The molecule has 0 aromatic heterocycles. The van der Waals surface area contributed by atoms with Crippen molar-refractivity contribution < 1.29 is 32.4 Å². The summed E-state index contributed by atoms with van der Waals surface area (Å²) in [7, 11) is -4.36. The number of fused-ring (bicyclic) bond motifs is 2. The normalized spacial score (nSPS) is 21.8. The molecule has 3 aromatic carbocycles. The van der Waals surface area contributed by atoms with Crippen molar-refractivity contribution in [2.75, 3.05) is 18.8 Å². The molecule has 272 valence electrons. The van der Waals surface area contributed by atoms with Crippen LogP contribution in [0.5, 0.6) is 0 Å². The van der Waals surface area contributed by atoms with Gasteiger partial charge >= 0.3 is 6.09 Å². The molecule has 3 aromatic rings. The Kier molecular flexibility index (Phi) is 13.4. The second-order valence-electron chi connectivity index (χ2n) is 14.7. The number of amides is 1. The third-order valence-corrected chi connectivity index (χ3v) is 13.8. The van der Waals surface area contributed by atoms with Crippen LogP contribution >= 0.6 is 0 Å². The van der Waals surface area contributed by atoms with E-state index in [4.69, 9.17) is 4.74 Å². The van der Waals surface area contributed by atoms with E-state index in [0.29, 0.717) is 38.8 Å². The van der Waals surface area contributed by atoms with E-state index in [2.05, 4.69) is 91.0 Å². The van der Waals surface area contributed by atoms with Gasteiger partial charge in [0, 0.05) is 24.9 Å². The summed E-state index contributed by atoms with van der Waals surface area (Å²) in [5.41, 5.74) is -1.65. The number of rotatable bonds is 7. The summed E-state index contributed by atoms with van der Waals surface area (Å²) in [5.74, 6) is -0.280. The fourth-order valence-electron chi connectivity index (χ4n) is 7.14. The highest BCUT2D eigenvalue weighted by Crippen LogP contribution is 2.61. The zero-order chi connectivity index (χ0) is 36.6. The summed E-state index contributed by atoms with van der Waals surface area (Å²) < 4.78 is 38.4. The van der Waals surface area contributed by atoms with E-state index >= 15 is 0 Å². The molecule has 1 aliphatic heterocycles. The number of ether oxygens (including phenoxy) is 1. The largest absolute Gasteiger partial charge is 0.748 e. The van der Waals surface area contributed by atoms with Crippen LogP contribution in [0.15, 0.2) is 106 Å². The van der Waals surface area contributed by atoms with Gasteiger partial charge in [-0.3, -0.25) is 4.79 Å². The van der Waals surface area contributed by atoms with E-state index in [9.17, 15) is 27.7 Å². The van der Waals surface area contributed by atoms with Gasteiger partial charge in [0.2, 0.25) is 0 Å². The first-order chi connectivity index (χ1) is 23.6. The maximum absolute atomic E-state index is 12.1. The van der Waals surface area contributed by atoms with Crippen LogP contribution in [0.25, 0.3) is 0 Å². The lowest BCUT2D eigenvalue weighted by atomic mass is 9.59. The Hall–Kier alpha value is -3.18. The molecular weight excluding hydrogens is 671 g/mol. The number of ketones is 1. The highest BCUT2D eigenvalue weighted by atomic mass is 32.2. The first kappa shape index (κ1) is 39.6. The fourth-order valence-corrected chi connectivity index (χ4v) is 10.5.